The van der Waals surface area contributed by atoms with E-state index in [0.29, 0.717) is 43.7 Å². The first kappa shape index (κ1) is 27.7. The van der Waals surface area contributed by atoms with Crippen LogP contribution in [-0.2, 0) is 16.1 Å². The van der Waals surface area contributed by atoms with Crippen LogP contribution in [0, 0.1) is 12.8 Å². The molecule has 0 N–H and O–H groups in total. The lowest BCUT2D eigenvalue weighted by atomic mass is 10.0. The minimum atomic E-state index is 0.0280. The summed E-state index contributed by atoms with van der Waals surface area (Å²) in [6, 6.07) is 16.7. The number of amides is 2. The van der Waals surface area contributed by atoms with Crippen LogP contribution in [0.3, 0.4) is 0 Å². The van der Waals surface area contributed by atoms with E-state index < -0.39 is 0 Å². The maximum Gasteiger partial charge on any atom is 0.233 e. The number of aryl methyl sites for hydroxylation is 1. The molecule has 0 spiro atoms. The van der Waals surface area contributed by atoms with Gasteiger partial charge in [0.15, 0.2) is 5.65 Å². The van der Waals surface area contributed by atoms with Gasteiger partial charge in [0.05, 0.1) is 11.3 Å². The average Bonchev–Trinajstić information content (AvgIpc) is 3.61. The first-order chi connectivity index (χ1) is 20.0. The number of thioether (sulfide) groups is 1. The molecule has 1 saturated carbocycles. The van der Waals surface area contributed by atoms with E-state index in [1.807, 2.05) is 34.9 Å². The summed E-state index contributed by atoms with van der Waals surface area (Å²) in [7, 11) is 0. The highest BCUT2D eigenvalue weighted by molar-refractivity contribution is 7.99. The van der Waals surface area contributed by atoms with Gasteiger partial charge in [-0.25, -0.2) is 4.98 Å². The van der Waals surface area contributed by atoms with Gasteiger partial charge in [-0.2, -0.15) is 0 Å². The second-order valence-corrected chi connectivity index (χ2v) is 12.6. The second-order valence-electron chi connectivity index (χ2n) is 11.6. The number of nitrogens with zero attached hydrogens (tertiary/aromatic N) is 6. The Morgan fingerprint density at radius 3 is 2.59 bits per heavy atom. The van der Waals surface area contributed by atoms with Crippen molar-refractivity contribution in [3.8, 4) is 0 Å². The van der Waals surface area contributed by atoms with E-state index in [-0.39, 0.29) is 23.6 Å². The van der Waals surface area contributed by atoms with Gasteiger partial charge >= 0.3 is 0 Å². The van der Waals surface area contributed by atoms with Gasteiger partial charge in [-0.3, -0.25) is 9.59 Å². The zero-order chi connectivity index (χ0) is 28.3. The number of rotatable bonds is 8. The van der Waals surface area contributed by atoms with Gasteiger partial charge in [0.2, 0.25) is 17.0 Å². The van der Waals surface area contributed by atoms with E-state index in [2.05, 4.69) is 52.0 Å². The molecule has 6 rings (SSSR count). The molecule has 2 amide bonds. The van der Waals surface area contributed by atoms with Crippen LogP contribution in [0.2, 0.25) is 0 Å². The minimum absolute atomic E-state index is 0.0280. The summed E-state index contributed by atoms with van der Waals surface area (Å²) in [5.41, 5.74) is 4.96. The van der Waals surface area contributed by atoms with E-state index >= 15 is 0 Å². The van der Waals surface area contributed by atoms with Crippen LogP contribution in [-0.4, -0.2) is 72.8 Å². The van der Waals surface area contributed by atoms with E-state index in [1.165, 1.54) is 43.0 Å². The molecule has 1 aliphatic carbocycles. The van der Waals surface area contributed by atoms with Crippen LogP contribution in [0.25, 0.3) is 22.1 Å². The largest absolute Gasteiger partial charge is 0.338 e. The number of hydrogen-bond acceptors (Lipinski definition) is 6. The maximum atomic E-state index is 13.2. The van der Waals surface area contributed by atoms with Crippen molar-refractivity contribution in [2.24, 2.45) is 5.92 Å². The number of benzene rings is 2. The molecule has 1 unspecified atom stereocenters. The van der Waals surface area contributed by atoms with Gasteiger partial charge < -0.3 is 14.4 Å². The molecule has 2 aromatic carbocycles. The molecule has 8 nitrogen and oxygen atoms in total. The van der Waals surface area contributed by atoms with Gasteiger partial charge in [-0.15, -0.1) is 10.2 Å². The first-order valence-corrected chi connectivity index (χ1v) is 15.8. The molecule has 2 aromatic heterocycles. The van der Waals surface area contributed by atoms with Crippen LogP contribution in [0.5, 0.6) is 0 Å². The number of carbonyl (C=O) groups is 2. The highest BCUT2D eigenvalue weighted by atomic mass is 32.2. The average molecular weight is 571 g/mol. The smallest absolute Gasteiger partial charge is 0.233 e. The molecule has 1 aliphatic heterocycles. The van der Waals surface area contributed by atoms with Crippen molar-refractivity contribution >= 4 is 45.6 Å². The Morgan fingerprint density at radius 1 is 1.00 bits per heavy atom. The normalized spacial score (nSPS) is 18.0. The number of aromatic nitrogens is 4. The second kappa shape index (κ2) is 12.2. The summed E-state index contributed by atoms with van der Waals surface area (Å²) in [5, 5.41) is 10.5. The van der Waals surface area contributed by atoms with Crippen LogP contribution >= 0.6 is 11.8 Å². The summed E-state index contributed by atoms with van der Waals surface area (Å²) in [6.07, 6.45) is 6.78. The van der Waals surface area contributed by atoms with Gasteiger partial charge in [-0.05, 0) is 43.9 Å². The molecular weight excluding hydrogens is 532 g/mol. The fraction of sp³-hybridized carbons (Fsp3) is 0.469. The Hall–Kier alpha value is -3.46. The topological polar surface area (TPSA) is 84.2 Å². The van der Waals surface area contributed by atoms with Crippen molar-refractivity contribution < 1.29 is 9.59 Å². The molecule has 41 heavy (non-hydrogen) atoms. The van der Waals surface area contributed by atoms with Crippen LogP contribution < -0.4 is 0 Å². The van der Waals surface area contributed by atoms with Crippen molar-refractivity contribution in [2.75, 3.05) is 25.4 Å². The zero-order valence-electron chi connectivity index (χ0n) is 24.0. The van der Waals surface area contributed by atoms with Crippen molar-refractivity contribution in [1.29, 1.82) is 0 Å². The summed E-state index contributed by atoms with van der Waals surface area (Å²) >= 11 is 1.33. The molecule has 0 bridgehead atoms. The number of hydrogen-bond donors (Lipinski definition) is 0. The molecule has 2 fully saturated rings. The lowest BCUT2D eigenvalue weighted by Gasteiger charge is -2.40. The Kier molecular flexibility index (Phi) is 8.23. The quantitative estimate of drug-likeness (QED) is 0.262. The molecule has 0 radical (unpaired) electrons. The lowest BCUT2D eigenvalue weighted by molar-refractivity contribution is -0.141. The highest BCUT2D eigenvalue weighted by Gasteiger charge is 2.30. The first-order valence-electron chi connectivity index (χ1n) is 14.8. The predicted molar refractivity (Wildman–Crippen MR) is 163 cm³/mol. The van der Waals surface area contributed by atoms with Gasteiger partial charge in [0.1, 0.15) is 5.52 Å². The minimum Gasteiger partial charge on any atom is -0.338 e. The van der Waals surface area contributed by atoms with Crippen LogP contribution in [0.1, 0.15) is 56.6 Å². The zero-order valence-corrected chi connectivity index (χ0v) is 24.8. The molecule has 3 heterocycles. The Morgan fingerprint density at radius 2 is 1.80 bits per heavy atom. The molecule has 2 aliphatic rings. The van der Waals surface area contributed by atoms with Crippen molar-refractivity contribution in [1.82, 2.24) is 29.5 Å². The monoisotopic (exact) mass is 570 g/mol. The summed E-state index contributed by atoms with van der Waals surface area (Å²) in [6.45, 7) is 6.54. The summed E-state index contributed by atoms with van der Waals surface area (Å²) < 4.78 is 2.19. The Bertz CT molecular complexity index is 1550. The van der Waals surface area contributed by atoms with E-state index in [4.69, 9.17) is 4.98 Å². The standard InChI is InChI=1S/C32H38N6O2S/c1-22-12-14-27-26(18-22)30-31(38(27)20-25-10-4-3-5-11-25)33-32(35-34-30)41-21-29(40)36-16-17-37(23(2)19-36)28(39)15-13-24-8-6-7-9-24/h3-5,10-12,14,18,23-24H,6-9,13,15-17,19-21H2,1-2H3. The van der Waals surface area contributed by atoms with Crippen LogP contribution in [0.15, 0.2) is 53.7 Å². The fourth-order valence-corrected chi connectivity index (χ4v) is 7.07. The molecule has 1 atom stereocenters. The number of fused-ring (bicyclic) bond motifs is 3. The van der Waals surface area contributed by atoms with E-state index in [9.17, 15) is 9.59 Å². The van der Waals surface area contributed by atoms with E-state index in [1.54, 1.807) is 0 Å². The highest BCUT2D eigenvalue weighted by Crippen LogP contribution is 2.30. The third-order valence-corrected chi connectivity index (χ3v) is 9.47. The van der Waals surface area contributed by atoms with Crippen molar-refractivity contribution in [3.05, 3.63) is 59.7 Å². The number of piperazine rings is 1. The van der Waals surface area contributed by atoms with E-state index in [0.717, 1.165) is 34.1 Å². The van der Waals surface area contributed by atoms with Gasteiger partial charge in [0, 0.05) is 44.0 Å². The number of carbonyl (C=O) groups excluding carboxylic acids is 2. The SMILES string of the molecule is Cc1ccc2c(c1)c1nnc(SCC(=O)N3CCN(C(=O)CCC4CCCC4)C(C)C3)nc1n2Cc1ccccc1. The van der Waals surface area contributed by atoms with Crippen molar-refractivity contribution in [3.63, 3.8) is 0 Å². The molecule has 1 saturated heterocycles. The van der Waals surface area contributed by atoms with Crippen LogP contribution in [0.4, 0.5) is 0 Å². The van der Waals surface area contributed by atoms with Gasteiger partial charge in [-0.1, -0.05) is 79.4 Å². The molecule has 214 valence electrons. The summed E-state index contributed by atoms with van der Waals surface area (Å²) in [4.78, 5) is 34.8. The Labute approximate surface area is 245 Å². The molecular formula is C32H38N6O2S. The van der Waals surface area contributed by atoms with Crippen molar-refractivity contribution in [2.45, 2.75) is 70.1 Å². The Balaban J connectivity index is 1.11. The fourth-order valence-electron chi connectivity index (χ4n) is 6.38. The molecule has 9 heteroatoms. The maximum absolute atomic E-state index is 13.2. The molecule has 4 aromatic rings. The summed E-state index contributed by atoms with van der Waals surface area (Å²) in [5.74, 6) is 1.24. The van der Waals surface area contributed by atoms with Gasteiger partial charge in [0.25, 0.3) is 0 Å². The third-order valence-electron chi connectivity index (χ3n) is 8.65. The lowest BCUT2D eigenvalue weighted by Crippen LogP contribution is -2.55. The third kappa shape index (κ3) is 6.10. The predicted octanol–water partition coefficient (Wildman–Crippen LogP) is 5.46.